The molecular weight excluding hydrogens is 158 g/mol. The van der Waals surface area contributed by atoms with Gasteiger partial charge in [-0.3, -0.25) is 0 Å². The third-order valence-corrected chi connectivity index (χ3v) is 2.41. The SMILES string of the molecule is CC(C)CC[C@H](NC(C)C)C(C)C. The summed E-state index contributed by atoms with van der Waals surface area (Å²) in [5, 5.41) is 3.63. The molecule has 0 aromatic heterocycles. The number of nitrogens with one attached hydrogen (secondary N) is 1. The third-order valence-electron chi connectivity index (χ3n) is 2.41. The van der Waals surface area contributed by atoms with Gasteiger partial charge in [0.1, 0.15) is 0 Å². The van der Waals surface area contributed by atoms with Gasteiger partial charge in [-0.25, -0.2) is 0 Å². The van der Waals surface area contributed by atoms with Gasteiger partial charge in [-0.15, -0.1) is 0 Å². The van der Waals surface area contributed by atoms with Crippen LogP contribution in [-0.4, -0.2) is 12.1 Å². The van der Waals surface area contributed by atoms with Crippen molar-refractivity contribution < 1.29 is 0 Å². The van der Waals surface area contributed by atoms with E-state index in [1.54, 1.807) is 0 Å². The van der Waals surface area contributed by atoms with Crippen molar-refractivity contribution in [2.75, 3.05) is 0 Å². The van der Waals surface area contributed by atoms with Crippen LogP contribution in [0.4, 0.5) is 0 Å². The molecule has 0 aliphatic heterocycles. The summed E-state index contributed by atoms with van der Waals surface area (Å²) in [5.41, 5.74) is 0. The first-order valence-corrected chi connectivity index (χ1v) is 5.69. The molecule has 80 valence electrons. The van der Waals surface area contributed by atoms with Crippen molar-refractivity contribution in [1.82, 2.24) is 5.32 Å². The van der Waals surface area contributed by atoms with Crippen molar-refractivity contribution in [2.45, 2.75) is 66.5 Å². The van der Waals surface area contributed by atoms with Gasteiger partial charge in [0, 0.05) is 12.1 Å². The van der Waals surface area contributed by atoms with Crippen LogP contribution in [0.25, 0.3) is 0 Å². The Morgan fingerprint density at radius 1 is 0.846 bits per heavy atom. The van der Waals surface area contributed by atoms with Gasteiger partial charge in [-0.1, -0.05) is 41.5 Å². The summed E-state index contributed by atoms with van der Waals surface area (Å²) in [4.78, 5) is 0. The van der Waals surface area contributed by atoms with E-state index in [1.165, 1.54) is 12.8 Å². The smallest absolute Gasteiger partial charge is 0.00925 e. The summed E-state index contributed by atoms with van der Waals surface area (Å²) >= 11 is 0. The largest absolute Gasteiger partial charge is 0.312 e. The summed E-state index contributed by atoms with van der Waals surface area (Å²) in [6, 6.07) is 1.31. The lowest BCUT2D eigenvalue weighted by molar-refractivity contribution is 0.330. The molecule has 0 rings (SSSR count). The maximum Gasteiger partial charge on any atom is 0.00925 e. The second-order valence-electron chi connectivity index (χ2n) is 5.14. The van der Waals surface area contributed by atoms with Crippen LogP contribution in [0.2, 0.25) is 0 Å². The first-order chi connectivity index (χ1) is 5.93. The summed E-state index contributed by atoms with van der Waals surface area (Å²) in [6.07, 6.45) is 2.65. The van der Waals surface area contributed by atoms with E-state index < -0.39 is 0 Å². The Kier molecular flexibility index (Phi) is 6.40. The Hall–Kier alpha value is -0.0400. The van der Waals surface area contributed by atoms with Crippen molar-refractivity contribution >= 4 is 0 Å². The molecule has 0 amide bonds. The molecule has 1 atom stereocenters. The van der Waals surface area contributed by atoms with E-state index in [4.69, 9.17) is 0 Å². The molecule has 1 N–H and O–H groups in total. The van der Waals surface area contributed by atoms with E-state index in [0.717, 1.165) is 11.8 Å². The highest BCUT2D eigenvalue weighted by atomic mass is 14.9. The van der Waals surface area contributed by atoms with Crippen LogP contribution in [0, 0.1) is 11.8 Å². The average Bonchev–Trinajstić information content (AvgIpc) is 1.96. The van der Waals surface area contributed by atoms with Crippen molar-refractivity contribution in [3.05, 3.63) is 0 Å². The molecule has 1 nitrogen and oxygen atoms in total. The van der Waals surface area contributed by atoms with E-state index in [1.807, 2.05) is 0 Å². The molecule has 0 heterocycles. The molecule has 1 heteroatoms. The lowest BCUT2D eigenvalue weighted by Crippen LogP contribution is -2.38. The predicted octanol–water partition coefficient (Wildman–Crippen LogP) is 3.45. The van der Waals surface area contributed by atoms with Crippen molar-refractivity contribution in [2.24, 2.45) is 11.8 Å². The Bertz CT molecular complexity index is 116. The van der Waals surface area contributed by atoms with E-state index in [-0.39, 0.29) is 0 Å². The minimum atomic E-state index is 0.611. The highest BCUT2D eigenvalue weighted by Crippen LogP contribution is 2.13. The minimum absolute atomic E-state index is 0.611. The van der Waals surface area contributed by atoms with Crippen molar-refractivity contribution in [1.29, 1.82) is 0 Å². The Labute approximate surface area is 84.3 Å². The van der Waals surface area contributed by atoms with Crippen LogP contribution in [0.1, 0.15) is 54.4 Å². The predicted molar refractivity (Wildman–Crippen MR) is 61.0 cm³/mol. The number of hydrogen-bond acceptors (Lipinski definition) is 1. The summed E-state index contributed by atoms with van der Waals surface area (Å²) in [7, 11) is 0. The molecule has 0 spiro atoms. The fraction of sp³-hybridized carbons (Fsp3) is 1.00. The highest BCUT2D eigenvalue weighted by molar-refractivity contribution is 4.72. The standard InChI is InChI=1S/C12H27N/c1-9(2)7-8-12(10(3)4)13-11(5)6/h9-13H,7-8H2,1-6H3/t12-/m0/s1. The summed E-state index contributed by atoms with van der Waals surface area (Å²) < 4.78 is 0. The molecule has 13 heavy (non-hydrogen) atoms. The maximum absolute atomic E-state index is 3.63. The van der Waals surface area contributed by atoms with E-state index >= 15 is 0 Å². The normalized spacial score (nSPS) is 14.5. The van der Waals surface area contributed by atoms with Crippen molar-refractivity contribution in [3.63, 3.8) is 0 Å². The first-order valence-electron chi connectivity index (χ1n) is 5.69. The molecule has 0 unspecified atom stereocenters. The molecule has 0 fully saturated rings. The van der Waals surface area contributed by atoms with Gasteiger partial charge < -0.3 is 5.32 Å². The Balaban J connectivity index is 3.81. The highest BCUT2D eigenvalue weighted by Gasteiger charge is 2.13. The van der Waals surface area contributed by atoms with Gasteiger partial charge in [0.05, 0.1) is 0 Å². The molecule has 0 saturated carbocycles. The fourth-order valence-corrected chi connectivity index (χ4v) is 1.55. The van der Waals surface area contributed by atoms with Crippen LogP contribution in [0.3, 0.4) is 0 Å². The van der Waals surface area contributed by atoms with Gasteiger partial charge in [0.25, 0.3) is 0 Å². The molecule has 0 aromatic rings. The topological polar surface area (TPSA) is 12.0 Å². The van der Waals surface area contributed by atoms with Gasteiger partial charge >= 0.3 is 0 Å². The Morgan fingerprint density at radius 2 is 1.38 bits per heavy atom. The number of rotatable bonds is 6. The van der Waals surface area contributed by atoms with Gasteiger partial charge in [-0.2, -0.15) is 0 Å². The minimum Gasteiger partial charge on any atom is -0.312 e. The fourth-order valence-electron chi connectivity index (χ4n) is 1.55. The second kappa shape index (κ2) is 6.42. The first kappa shape index (κ1) is 13.0. The zero-order valence-electron chi connectivity index (χ0n) is 10.2. The van der Waals surface area contributed by atoms with E-state index in [0.29, 0.717) is 12.1 Å². The molecule has 0 aliphatic rings. The van der Waals surface area contributed by atoms with E-state index in [2.05, 4.69) is 46.9 Å². The average molecular weight is 185 g/mol. The van der Waals surface area contributed by atoms with Gasteiger partial charge in [-0.05, 0) is 24.7 Å². The van der Waals surface area contributed by atoms with Crippen LogP contribution in [0.5, 0.6) is 0 Å². The zero-order chi connectivity index (χ0) is 10.4. The van der Waals surface area contributed by atoms with Crippen LogP contribution < -0.4 is 5.32 Å². The number of hydrogen-bond donors (Lipinski definition) is 1. The quantitative estimate of drug-likeness (QED) is 0.668. The lowest BCUT2D eigenvalue weighted by atomic mass is 9.95. The van der Waals surface area contributed by atoms with Crippen LogP contribution >= 0.6 is 0 Å². The van der Waals surface area contributed by atoms with Crippen LogP contribution in [0.15, 0.2) is 0 Å². The molecule has 0 radical (unpaired) electrons. The summed E-state index contributed by atoms with van der Waals surface area (Å²) in [5.74, 6) is 1.58. The molecule has 0 aliphatic carbocycles. The maximum atomic E-state index is 3.63. The third kappa shape index (κ3) is 7.06. The molecular formula is C12H27N. The zero-order valence-corrected chi connectivity index (χ0v) is 10.2. The monoisotopic (exact) mass is 185 g/mol. The lowest BCUT2D eigenvalue weighted by Gasteiger charge is -2.25. The summed E-state index contributed by atoms with van der Waals surface area (Å²) in [6.45, 7) is 13.7. The van der Waals surface area contributed by atoms with Gasteiger partial charge in [0.2, 0.25) is 0 Å². The second-order valence-corrected chi connectivity index (χ2v) is 5.14. The van der Waals surface area contributed by atoms with Crippen LogP contribution in [-0.2, 0) is 0 Å². The molecule has 0 aromatic carbocycles. The van der Waals surface area contributed by atoms with E-state index in [9.17, 15) is 0 Å². The van der Waals surface area contributed by atoms with Gasteiger partial charge in [0.15, 0.2) is 0 Å². The van der Waals surface area contributed by atoms with Crippen molar-refractivity contribution in [3.8, 4) is 0 Å². The molecule has 0 bridgehead atoms. The molecule has 0 saturated heterocycles. The Morgan fingerprint density at radius 3 is 1.69 bits per heavy atom.